The van der Waals surface area contributed by atoms with E-state index < -0.39 is 29.6 Å². The van der Waals surface area contributed by atoms with Gasteiger partial charge in [-0.05, 0) is 66.7 Å². The number of ether oxygens (including phenoxy) is 2. The standard InChI is InChI=1S/C30H28F2N4O5S/c1-3-20(37)16-34-29(39)27-25(40-2)11-9-21-23(12-13-33-28(21)27)41-24-10-8-19(15-22(24)32)35-30(42)36-26(38)14-17-4-6-18(31)7-5-17/h4-13,15,20,37H,3,14,16H2,1-2H3,(H,34,39)(H2,35,36,38,42). The van der Waals surface area contributed by atoms with Crippen LogP contribution in [0, 0.1) is 11.6 Å². The van der Waals surface area contributed by atoms with E-state index in [2.05, 4.69) is 20.9 Å². The molecule has 9 nitrogen and oxygen atoms in total. The first-order chi connectivity index (χ1) is 20.2. The number of halogens is 2. The molecule has 0 aliphatic rings. The summed E-state index contributed by atoms with van der Waals surface area (Å²) >= 11 is 5.16. The molecule has 0 saturated heterocycles. The number of hydrogen-bond donors (Lipinski definition) is 4. The van der Waals surface area contributed by atoms with Crippen molar-refractivity contribution in [3.05, 3.63) is 89.6 Å². The van der Waals surface area contributed by atoms with Crippen molar-refractivity contribution < 1.29 is 33.0 Å². The van der Waals surface area contributed by atoms with Gasteiger partial charge in [-0.15, -0.1) is 0 Å². The van der Waals surface area contributed by atoms with E-state index in [1.165, 1.54) is 55.8 Å². The largest absolute Gasteiger partial charge is 0.496 e. The molecule has 1 heterocycles. The number of rotatable bonds is 10. The first kappa shape index (κ1) is 30.3. The van der Waals surface area contributed by atoms with Crippen molar-refractivity contribution in [1.82, 2.24) is 15.6 Å². The normalized spacial score (nSPS) is 11.5. The van der Waals surface area contributed by atoms with E-state index in [-0.39, 0.29) is 52.1 Å². The minimum Gasteiger partial charge on any atom is -0.496 e. The van der Waals surface area contributed by atoms with Crippen molar-refractivity contribution in [2.24, 2.45) is 0 Å². The van der Waals surface area contributed by atoms with E-state index in [4.69, 9.17) is 21.7 Å². The molecule has 0 aliphatic carbocycles. The molecule has 3 aromatic carbocycles. The number of benzene rings is 3. The van der Waals surface area contributed by atoms with Crippen molar-refractivity contribution in [2.45, 2.75) is 25.9 Å². The van der Waals surface area contributed by atoms with Gasteiger partial charge in [-0.25, -0.2) is 8.78 Å². The Labute approximate surface area is 245 Å². The number of pyridine rings is 1. The highest BCUT2D eigenvalue weighted by Crippen LogP contribution is 2.35. The first-order valence-electron chi connectivity index (χ1n) is 12.9. The molecule has 0 bridgehead atoms. The smallest absolute Gasteiger partial charge is 0.257 e. The second kappa shape index (κ2) is 13.8. The molecule has 0 radical (unpaired) electrons. The van der Waals surface area contributed by atoms with E-state index in [9.17, 15) is 19.1 Å². The van der Waals surface area contributed by atoms with Crippen LogP contribution < -0.4 is 25.4 Å². The maximum Gasteiger partial charge on any atom is 0.257 e. The number of anilines is 1. The van der Waals surface area contributed by atoms with Crippen LogP contribution in [0.25, 0.3) is 10.9 Å². The SMILES string of the molecule is CCC(O)CNC(=O)c1c(OC)ccc2c(Oc3ccc(NC(=S)NC(=O)Cc4ccc(F)cc4)cc3F)ccnc12. The minimum atomic E-state index is -0.717. The van der Waals surface area contributed by atoms with Crippen LogP contribution in [0.5, 0.6) is 17.2 Å². The molecule has 0 saturated carbocycles. The van der Waals surface area contributed by atoms with Crippen molar-refractivity contribution in [1.29, 1.82) is 0 Å². The number of aliphatic hydroxyl groups excluding tert-OH is 1. The predicted molar refractivity (Wildman–Crippen MR) is 158 cm³/mol. The molecule has 42 heavy (non-hydrogen) atoms. The molecule has 1 aromatic heterocycles. The Bertz CT molecular complexity index is 1620. The Morgan fingerprint density at radius 1 is 1.02 bits per heavy atom. The molecule has 1 unspecified atom stereocenters. The van der Waals surface area contributed by atoms with Crippen LogP contribution in [0.15, 0.2) is 66.9 Å². The highest BCUT2D eigenvalue weighted by molar-refractivity contribution is 7.80. The van der Waals surface area contributed by atoms with Gasteiger partial charge >= 0.3 is 0 Å². The summed E-state index contributed by atoms with van der Waals surface area (Å²) in [5.74, 6) is -1.61. The van der Waals surface area contributed by atoms with Crippen molar-refractivity contribution in [3.8, 4) is 17.2 Å². The Morgan fingerprint density at radius 2 is 1.76 bits per heavy atom. The van der Waals surface area contributed by atoms with Crippen LogP contribution in [-0.2, 0) is 11.2 Å². The van der Waals surface area contributed by atoms with E-state index in [1.807, 2.05) is 0 Å². The number of carbonyl (C=O) groups is 2. The lowest BCUT2D eigenvalue weighted by molar-refractivity contribution is -0.119. The fourth-order valence-electron chi connectivity index (χ4n) is 4.00. The molecule has 4 N–H and O–H groups in total. The third-order valence-electron chi connectivity index (χ3n) is 6.19. The van der Waals surface area contributed by atoms with Gasteiger partial charge in [0, 0.05) is 29.9 Å². The number of thiocarbonyl (C=S) groups is 1. The van der Waals surface area contributed by atoms with Crippen LogP contribution >= 0.6 is 12.2 Å². The zero-order valence-electron chi connectivity index (χ0n) is 22.7. The minimum absolute atomic E-state index is 0.0148. The maximum absolute atomic E-state index is 15.1. The van der Waals surface area contributed by atoms with E-state index in [1.54, 1.807) is 19.1 Å². The molecular weight excluding hydrogens is 566 g/mol. The number of aromatic nitrogens is 1. The first-order valence-corrected chi connectivity index (χ1v) is 13.3. The molecule has 0 spiro atoms. The van der Waals surface area contributed by atoms with E-state index >= 15 is 4.39 Å². The summed E-state index contributed by atoms with van der Waals surface area (Å²) in [7, 11) is 1.42. The summed E-state index contributed by atoms with van der Waals surface area (Å²) in [6.07, 6.45) is 1.18. The highest BCUT2D eigenvalue weighted by Gasteiger charge is 2.20. The summed E-state index contributed by atoms with van der Waals surface area (Å²) in [6, 6.07) is 14.3. The number of aliphatic hydroxyl groups is 1. The van der Waals surface area contributed by atoms with Crippen LogP contribution in [-0.4, -0.2) is 46.8 Å². The van der Waals surface area contributed by atoms with Gasteiger partial charge in [-0.3, -0.25) is 14.6 Å². The van der Waals surface area contributed by atoms with Gasteiger partial charge in [-0.1, -0.05) is 19.1 Å². The lowest BCUT2D eigenvalue weighted by Crippen LogP contribution is -2.35. The molecule has 1 atom stereocenters. The van der Waals surface area contributed by atoms with Gasteiger partial charge in [0.25, 0.3) is 5.91 Å². The lowest BCUT2D eigenvalue weighted by atomic mass is 10.1. The van der Waals surface area contributed by atoms with Crippen LogP contribution in [0.3, 0.4) is 0 Å². The summed E-state index contributed by atoms with van der Waals surface area (Å²) in [6.45, 7) is 1.85. The molecule has 4 rings (SSSR count). The van der Waals surface area contributed by atoms with Gasteiger partial charge < -0.3 is 30.5 Å². The predicted octanol–water partition coefficient (Wildman–Crippen LogP) is 4.87. The number of methoxy groups -OCH3 is 1. The van der Waals surface area contributed by atoms with Crippen molar-refractivity contribution in [2.75, 3.05) is 19.0 Å². The van der Waals surface area contributed by atoms with Crippen molar-refractivity contribution in [3.63, 3.8) is 0 Å². The highest BCUT2D eigenvalue weighted by atomic mass is 32.1. The fourth-order valence-corrected chi connectivity index (χ4v) is 4.23. The van der Waals surface area contributed by atoms with Gasteiger partial charge in [0.2, 0.25) is 5.91 Å². The summed E-state index contributed by atoms with van der Waals surface area (Å²) < 4.78 is 39.3. The third-order valence-corrected chi connectivity index (χ3v) is 6.40. The summed E-state index contributed by atoms with van der Waals surface area (Å²) in [5, 5.41) is 18.2. The number of hydrogen-bond acceptors (Lipinski definition) is 7. The van der Waals surface area contributed by atoms with E-state index in [0.29, 0.717) is 17.4 Å². The van der Waals surface area contributed by atoms with Gasteiger partial charge in [0.05, 0.1) is 25.2 Å². The average molecular weight is 595 g/mol. The zero-order valence-corrected chi connectivity index (χ0v) is 23.6. The Kier molecular flexibility index (Phi) is 9.94. The number of amides is 2. The second-order valence-electron chi connectivity index (χ2n) is 9.17. The summed E-state index contributed by atoms with van der Waals surface area (Å²) in [4.78, 5) is 29.5. The van der Waals surface area contributed by atoms with Gasteiger partial charge in [-0.2, -0.15) is 0 Å². The van der Waals surface area contributed by atoms with E-state index in [0.717, 1.165) is 6.07 Å². The molecule has 2 amide bonds. The molecule has 4 aromatic rings. The van der Waals surface area contributed by atoms with Crippen molar-refractivity contribution >= 4 is 45.7 Å². The quantitative estimate of drug-likeness (QED) is 0.192. The van der Waals surface area contributed by atoms with Crippen LogP contribution in [0.4, 0.5) is 14.5 Å². The molecule has 12 heteroatoms. The molecule has 0 fully saturated rings. The number of nitrogens with one attached hydrogen (secondary N) is 3. The van der Waals surface area contributed by atoms with Gasteiger partial charge in [0.15, 0.2) is 16.7 Å². The van der Waals surface area contributed by atoms with Gasteiger partial charge in [0.1, 0.15) is 22.9 Å². The monoisotopic (exact) mass is 594 g/mol. The molecular formula is C30H28F2N4O5S. The Balaban J connectivity index is 1.47. The molecule has 0 aliphatic heterocycles. The third kappa shape index (κ3) is 7.53. The summed E-state index contributed by atoms with van der Waals surface area (Å²) in [5.41, 5.74) is 1.30. The molecule has 218 valence electrons. The number of fused-ring (bicyclic) bond motifs is 1. The number of nitrogens with zero attached hydrogens (tertiary/aromatic N) is 1. The lowest BCUT2D eigenvalue weighted by Gasteiger charge is -2.15. The maximum atomic E-state index is 15.1. The zero-order chi connectivity index (χ0) is 30.2. The Morgan fingerprint density at radius 3 is 2.45 bits per heavy atom. The van der Waals surface area contributed by atoms with Crippen LogP contribution in [0.2, 0.25) is 0 Å². The second-order valence-corrected chi connectivity index (χ2v) is 9.58. The fraction of sp³-hybridized carbons (Fsp3) is 0.200. The number of carbonyl (C=O) groups excluding carboxylic acids is 2. The average Bonchev–Trinajstić information content (AvgIpc) is 2.97. The topological polar surface area (TPSA) is 122 Å². The Hall–Kier alpha value is -4.68. The van der Waals surface area contributed by atoms with Crippen LogP contribution in [0.1, 0.15) is 29.3 Å².